The van der Waals surface area contributed by atoms with Gasteiger partial charge in [-0.3, -0.25) is 4.79 Å². The summed E-state index contributed by atoms with van der Waals surface area (Å²) in [5.74, 6) is -0.397. The summed E-state index contributed by atoms with van der Waals surface area (Å²) in [5.41, 5.74) is -0.510. The monoisotopic (exact) mass is 243 g/mol. The average molecular weight is 243 g/mol. The predicted octanol–water partition coefficient (Wildman–Crippen LogP) is 1.66. The molecule has 5 heteroatoms. The van der Waals surface area contributed by atoms with Crippen molar-refractivity contribution in [1.29, 1.82) is 0 Å². The van der Waals surface area contributed by atoms with E-state index in [0.29, 0.717) is 13.1 Å². The van der Waals surface area contributed by atoms with Crippen molar-refractivity contribution in [3.8, 4) is 0 Å². The second kappa shape index (κ2) is 4.94. The number of ether oxygens (including phenoxy) is 2. The molecule has 1 amide bonds. The van der Waals surface area contributed by atoms with E-state index in [1.165, 1.54) is 7.11 Å². The average Bonchev–Trinajstić information content (AvgIpc) is 2.57. The van der Waals surface area contributed by atoms with Gasteiger partial charge in [0.15, 0.2) is 0 Å². The minimum atomic E-state index is -0.510. The Bertz CT molecular complexity index is 308. The molecule has 0 spiro atoms. The number of carbonyl (C=O) groups is 2. The third-order valence-corrected chi connectivity index (χ3v) is 2.77. The van der Waals surface area contributed by atoms with Crippen LogP contribution in [0.4, 0.5) is 4.79 Å². The minimum absolute atomic E-state index is 0.106. The highest BCUT2D eigenvalue weighted by Crippen LogP contribution is 2.25. The lowest BCUT2D eigenvalue weighted by Crippen LogP contribution is -2.36. The van der Waals surface area contributed by atoms with Gasteiger partial charge in [-0.1, -0.05) is 6.92 Å². The summed E-state index contributed by atoms with van der Waals surface area (Å²) < 4.78 is 9.98. The van der Waals surface area contributed by atoms with Gasteiger partial charge in [-0.2, -0.15) is 0 Å². The summed E-state index contributed by atoms with van der Waals surface area (Å²) in [6.07, 6.45) is -0.365. The Morgan fingerprint density at radius 2 is 1.82 bits per heavy atom. The van der Waals surface area contributed by atoms with Crippen molar-refractivity contribution in [1.82, 2.24) is 4.90 Å². The SMILES string of the molecule is COC(=O)[C@@H]1CN(C(=O)OC(C)(C)C)C[C@H]1C. The summed E-state index contributed by atoms with van der Waals surface area (Å²) in [4.78, 5) is 24.9. The number of hydrogen-bond acceptors (Lipinski definition) is 4. The van der Waals surface area contributed by atoms with Gasteiger partial charge in [0.1, 0.15) is 5.60 Å². The number of nitrogens with zero attached hydrogens (tertiary/aromatic N) is 1. The number of rotatable bonds is 1. The van der Waals surface area contributed by atoms with Gasteiger partial charge in [-0.25, -0.2) is 4.79 Å². The van der Waals surface area contributed by atoms with Crippen LogP contribution in [-0.2, 0) is 14.3 Å². The van der Waals surface area contributed by atoms with Crippen LogP contribution < -0.4 is 0 Å². The van der Waals surface area contributed by atoms with Crippen molar-refractivity contribution in [3.05, 3.63) is 0 Å². The Labute approximate surface area is 102 Å². The Balaban J connectivity index is 2.60. The molecular formula is C12H21NO4. The van der Waals surface area contributed by atoms with E-state index in [1.54, 1.807) is 4.90 Å². The van der Waals surface area contributed by atoms with Crippen molar-refractivity contribution < 1.29 is 19.1 Å². The fourth-order valence-electron chi connectivity index (χ4n) is 1.90. The van der Waals surface area contributed by atoms with Crippen LogP contribution in [0, 0.1) is 11.8 Å². The number of likely N-dealkylation sites (tertiary alicyclic amines) is 1. The van der Waals surface area contributed by atoms with Crippen LogP contribution in [0.1, 0.15) is 27.7 Å². The lowest BCUT2D eigenvalue weighted by atomic mass is 9.99. The highest BCUT2D eigenvalue weighted by Gasteiger charge is 2.39. The first-order valence-electron chi connectivity index (χ1n) is 5.80. The molecule has 1 rings (SSSR count). The molecule has 1 heterocycles. The molecule has 17 heavy (non-hydrogen) atoms. The molecular weight excluding hydrogens is 222 g/mol. The Morgan fingerprint density at radius 3 is 2.29 bits per heavy atom. The van der Waals surface area contributed by atoms with Gasteiger partial charge in [-0.15, -0.1) is 0 Å². The van der Waals surface area contributed by atoms with Crippen molar-refractivity contribution in [2.75, 3.05) is 20.2 Å². The zero-order chi connectivity index (χ0) is 13.2. The van der Waals surface area contributed by atoms with Gasteiger partial charge in [0.25, 0.3) is 0 Å². The van der Waals surface area contributed by atoms with Crippen molar-refractivity contribution in [3.63, 3.8) is 0 Å². The molecule has 0 aromatic heterocycles. The molecule has 0 aromatic rings. The van der Waals surface area contributed by atoms with E-state index < -0.39 is 5.60 Å². The molecule has 0 aliphatic carbocycles. The van der Waals surface area contributed by atoms with Crippen LogP contribution in [0.5, 0.6) is 0 Å². The number of methoxy groups -OCH3 is 1. The van der Waals surface area contributed by atoms with Gasteiger partial charge in [-0.05, 0) is 26.7 Å². The van der Waals surface area contributed by atoms with Gasteiger partial charge in [0, 0.05) is 13.1 Å². The molecule has 1 saturated heterocycles. The Kier molecular flexibility index (Phi) is 4.01. The summed E-state index contributed by atoms with van der Waals surface area (Å²) in [6, 6.07) is 0. The maximum atomic E-state index is 11.8. The molecule has 0 radical (unpaired) electrons. The van der Waals surface area contributed by atoms with Crippen molar-refractivity contribution in [2.45, 2.75) is 33.3 Å². The fourth-order valence-corrected chi connectivity index (χ4v) is 1.90. The van der Waals surface area contributed by atoms with Crippen molar-refractivity contribution >= 4 is 12.1 Å². The highest BCUT2D eigenvalue weighted by atomic mass is 16.6. The number of amides is 1. The van der Waals surface area contributed by atoms with Crippen LogP contribution in [0.15, 0.2) is 0 Å². The van der Waals surface area contributed by atoms with Gasteiger partial charge in [0.2, 0.25) is 0 Å². The molecule has 0 aromatic carbocycles. The van der Waals surface area contributed by atoms with Gasteiger partial charge >= 0.3 is 12.1 Å². The van der Waals surface area contributed by atoms with Gasteiger partial charge < -0.3 is 14.4 Å². The quantitative estimate of drug-likeness (QED) is 0.657. The lowest BCUT2D eigenvalue weighted by molar-refractivity contribution is -0.146. The first-order valence-corrected chi connectivity index (χ1v) is 5.80. The second-order valence-corrected chi connectivity index (χ2v) is 5.49. The lowest BCUT2D eigenvalue weighted by Gasteiger charge is -2.24. The van der Waals surface area contributed by atoms with E-state index in [-0.39, 0.29) is 23.9 Å². The highest BCUT2D eigenvalue weighted by molar-refractivity contribution is 5.76. The van der Waals surface area contributed by atoms with E-state index >= 15 is 0 Å². The topological polar surface area (TPSA) is 55.8 Å². The maximum absolute atomic E-state index is 11.8. The number of carbonyl (C=O) groups excluding carboxylic acids is 2. The van der Waals surface area contributed by atoms with Crippen LogP contribution in [-0.4, -0.2) is 42.8 Å². The fraction of sp³-hybridized carbons (Fsp3) is 0.833. The summed E-state index contributed by atoms with van der Waals surface area (Å²) in [6.45, 7) is 8.32. The number of esters is 1. The first kappa shape index (κ1) is 13.8. The second-order valence-electron chi connectivity index (χ2n) is 5.49. The van der Waals surface area contributed by atoms with E-state index in [9.17, 15) is 9.59 Å². The third kappa shape index (κ3) is 3.61. The molecule has 0 unspecified atom stereocenters. The van der Waals surface area contributed by atoms with Crippen LogP contribution in [0.2, 0.25) is 0 Å². The molecule has 1 aliphatic rings. The van der Waals surface area contributed by atoms with Crippen molar-refractivity contribution in [2.24, 2.45) is 11.8 Å². The third-order valence-electron chi connectivity index (χ3n) is 2.77. The van der Waals surface area contributed by atoms with Crippen LogP contribution in [0.25, 0.3) is 0 Å². The number of hydrogen-bond donors (Lipinski definition) is 0. The molecule has 1 aliphatic heterocycles. The molecule has 98 valence electrons. The molecule has 5 nitrogen and oxygen atoms in total. The van der Waals surface area contributed by atoms with E-state index in [4.69, 9.17) is 9.47 Å². The van der Waals surface area contributed by atoms with E-state index in [1.807, 2.05) is 27.7 Å². The summed E-state index contributed by atoms with van der Waals surface area (Å²) in [5, 5.41) is 0. The standard InChI is InChI=1S/C12H21NO4/c1-8-6-13(7-9(8)10(14)16-5)11(15)17-12(2,3)4/h8-9H,6-7H2,1-5H3/t8-,9-/m1/s1. The maximum Gasteiger partial charge on any atom is 0.410 e. The van der Waals surface area contributed by atoms with E-state index in [2.05, 4.69) is 0 Å². The van der Waals surface area contributed by atoms with Crippen LogP contribution >= 0.6 is 0 Å². The molecule has 1 fully saturated rings. The Morgan fingerprint density at radius 1 is 1.24 bits per heavy atom. The molecule has 0 N–H and O–H groups in total. The first-order chi connectivity index (χ1) is 7.74. The van der Waals surface area contributed by atoms with Gasteiger partial charge in [0.05, 0.1) is 13.0 Å². The summed E-state index contributed by atoms with van der Waals surface area (Å²) >= 11 is 0. The summed E-state index contributed by atoms with van der Waals surface area (Å²) in [7, 11) is 1.37. The molecule has 0 bridgehead atoms. The van der Waals surface area contributed by atoms with Crippen LogP contribution in [0.3, 0.4) is 0 Å². The zero-order valence-corrected chi connectivity index (χ0v) is 11.1. The molecule has 0 saturated carbocycles. The smallest absolute Gasteiger partial charge is 0.410 e. The molecule has 2 atom stereocenters. The normalized spacial score (nSPS) is 24.6. The zero-order valence-electron chi connectivity index (χ0n) is 11.1. The minimum Gasteiger partial charge on any atom is -0.469 e. The Hall–Kier alpha value is -1.26. The largest absolute Gasteiger partial charge is 0.469 e. The predicted molar refractivity (Wildman–Crippen MR) is 62.5 cm³/mol. The van der Waals surface area contributed by atoms with E-state index in [0.717, 1.165) is 0 Å².